The molecule has 0 aromatic heterocycles. The first kappa shape index (κ1) is 14.3. The van der Waals surface area contributed by atoms with Crippen LogP contribution in [-0.4, -0.2) is 50.8 Å². The molecule has 2 atom stereocenters. The molecular weight excluding hydrogens is 224 g/mol. The SMILES string of the molecule is CNC(CN(C)CC1CCCO1)C1CCCCC1. The number of rotatable bonds is 6. The third kappa shape index (κ3) is 4.22. The molecule has 0 aromatic rings. The van der Waals surface area contributed by atoms with Gasteiger partial charge in [0.2, 0.25) is 0 Å². The predicted octanol–water partition coefficient (Wildman–Crippen LogP) is 2.27. The third-order valence-electron chi connectivity index (χ3n) is 4.64. The van der Waals surface area contributed by atoms with Crippen LogP contribution in [0.3, 0.4) is 0 Å². The molecule has 106 valence electrons. The number of hydrogen-bond acceptors (Lipinski definition) is 3. The Morgan fingerprint density at radius 2 is 1.94 bits per heavy atom. The Labute approximate surface area is 112 Å². The summed E-state index contributed by atoms with van der Waals surface area (Å²) >= 11 is 0. The van der Waals surface area contributed by atoms with Crippen molar-refractivity contribution in [3.05, 3.63) is 0 Å². The second-order valence-corrected chi connectivity index (χ2v) is 6.15. The topological polar surface area (TPSA) is 24.5 Å². The molecule has 3 nitrogen and oxygen atoms in total. The number of likely N-dealkylation sites (N-methyl/N-ethyl adjacent to an activating group) is 2. The minimum Gasteiger partial charge on any atom is -0.377 e. The first-order valence-electron chi connectivity index (χ1n) is 7.77. The van der Waals surface area contributed by atoms with Gasteiger partial charge >= 0.3 is 0 Å². The van der Waals surface area contributed by atoms with Crippen LogP contribution in [0, 0.1) is 5.92 Å². The maximum absolute atomic E-state index is 5.72. The molecule has 0 aromatic carbocycles. The first-order valence-corrected chi connectivity index (χ1v) is 7.77. The Morgan fingerprint density at radius 1 is 1.17 bits per heavy atom. The van der Waals surface area contributed by atoms with Crippen LogP contribution in [0.15, 0.2) is 0 Å². The lowest BCUT2D eigenvalue weighted by Gasteiger charge is -2.33. The summed E-state index contributed by atoms with van der Waals surface area (Å²) in [6.07, 6.45) is 10.1. The van der Waals surface area contributed by atoms with E-state index in [-0.39, 0.29) is 0 Å². The molecule has 0 bridgehead atoms. The number of hydrogen-bond donors (Lipinski definition) is 1. The molecule has 1 saturated carbocycles. The molecule has 2 rings (SSSR count). The molecule has 1 heterocycles. The van der Waals surface area contributed by atoms with Crippen LogP contribution in [0.1, 0.15) is 44.9 Å². The number of nitrogens with zero attached hydrogens (tertiary/aromatic N) is 1. The van der Waals surface area contributed by atoms with Gasteiger partial charge in [-0.15, -0.1) is 0 Å². The minimum absolute atomic E-state index is 0.485. The van der Waals surface area contributed by atoms with Crippen molar-refractivity contribution in [3.8, 4) is 0 Å². The van der Waals surface area contributed by atoms with E-state index in [0.29, 0.717) is 12.1 Å². The average Bonchev–Trinajstić information content (AvgIpc) is 2.90. The second kappa shape index (κ2) is 7.46. The molecule has 2 unspecified atom stereocenters. The average molecular weight is 254 g/mol. The summed E-state index contributed by atoms with van der Waals surface area (Å²) < 4.78 is 5.72. The predicted molar refractivity (Wildman–Crippen MR) is 75.9 cm³/mol. The van der Waals surface area contributed by atoms with Gasteiger partial charge in [-0.05, 0) is 45.7 Å². The van der Waals surface area contributed by atoms with E-state index in [2.05, 4.69) is 24.3 Å². The summed E-state index contributed by atoms with van der Waals surface area (Å²) in [6, 6.07) is 0.664. The van der Waals surface area contributed by atoms with E-state index >= 15 is 0 Å². The largest absolute Gasteiger partial charge is 0.377 e. The first-order chi connectivity index (χ1) is 8.79. The Hall–Kier alpha value is -0.120. The van der Waals surface area contributed by atoms with Crippen LogP contribution in [0.5, 0.6) is 0 Å². The molecule has 1 aliphatic carbocycles. The second-order valence-electron chi connectivity index (χ2n) is 6.15. The van der Waals surface area contributed by atoms with Crippen molar-refractivity contribution < 1.29 is 4.74 Å². The standard InChI is InChI=1S/C15H30N2O/c1-16-15(13-7-4-3-5-8-13)12-17(2)11-14-9-6-10-18-14/h13-16H,3-12H2,1-2H3. The molecule has 1 N–H and O–H groups in total. The molecule has 2 fully saturated rings. The Morgan fingerprint density at radius 3 is 2.56 bits per heavy atom. The smallest absolute Gasteiger partial charge is 0.0702 e. The van der Waals surface area contributed by atoms with Crippen molar-refractivity contribution in [1.29, 1.82) is 0 Å². The van der Waals surface area contributed by atoms with Crippen molar-refractivity contribution in [1.82, 2.24) is 10.2 Å². The summed E-state index contributed by atoms with van der Waals surface area (Å²) in [5.41, 5.74) is 0. The van der Waals surface area contributed by atoms with Gasteiger partial charge in [0, 0.05) is 25.7 Å². The van der Waals surface area contributed by atoms with Crippen LogP contribution in [0.4, 0.5) is 0 Å². The lowest BCUT2D eigenvalue weighted by atomic mass is 9.83. The highest BCUT2D eigenvalue weighted by Crippen LogP contribution is 2.26. The molecule has 3 heteroatoms. The van der Waals surface area contributed by atoms with Gasteiger partial charge in [0.1, 0.15) is 0 Å². The van der Waals surface area contributed by atoms with Crippen molar-refractivity contribution in [2.45, 2.75) is 57.1 Å². The number of nitrogens with one attached hydrogen (secondary N) is 1. The lowest BCUT2D eigenvalue weighted by molar-refractivity contribution is 0.0748. The van der Waals surface area contributed by atoms with E-state index in [1.807, 2.05) is 0 Å². The maximum Gasteiger partial charge on any atom is 0.0702 e. The van der Waals surface area contributed by atoms with E-state index in [9.17, 15) is 0 Å². The summed E-state index contributed by atoms with van der Waals surface area (Å²) in [5, 5.41) is 3.55. The molecule has 0 radical (unpaired) electrons. The number of ether oxygens (including phenoxy) is 1. The van der Waals surface area contributed by atoms with Crippen molar-refractivity contribution in [3.63, 3.8) is 0 Å². The van der Waals surface area contributed by atoms with Crippen LogP contribution < -0.4 is 5.32 Å². The fourth-order valence-corrected chi connectivity index (χ4v) is 3.56. The quantitative estimate of drug-likeness (QED) is 0.787. The van der Waals surface area contributed by atoms with Crippen molar-refractivity contribution >= 4 is 0 Å². The van der Waals surface area contributed by atoms with E-state index in [1.54, 1.807) is 0 Å². The summed E-state index contributed by atoms with van der Waals surface area (Å²) in [4.78, 5) is 2.46. The summed E-state index contributed by atoms with van der Waals surface area (Å²) in [7, 11) is 4.37. The maximum atomic E-state index is 5.72. The minimum atomic E-state index is 0.485. The van der Waals surface area contributed by atoms with Crippen molar-refractivity contribution in [2.24, 2.45) is 5.92 Å². The molecule has 0 spiro atoms. The lowest BCUT2D eigenvalue weighted by Crippen LogP contribution is -2.45. The zero-order chi connectivity index (χ0) is 12.8. The Balaban J connectivity index is 1.73. The third-order valence-corrected chi connectivity index (χ3v) is 4.64. The summed E-state index contributed by atoms with van der Waals surface area (Å²) in [5.74, 6) is 0.885. The van der Waals surface area contributed by atoms with Gasteiger partial charge in [-0.2, -0.15) is 0 Å². The zero-order valence-electron chi connectivity index (χ0n) is 12.2. The normalized spacial score (nSPS) is 27.8. The molecule has 18 heavy (non-hydrogen) atoms. The highest BCUT2D eigenvalue weighted by Gasteiger charge is 2.25. The molecule has 2 aliphatic rings. The van der Waals surface area contributed by atoms with Gasteiger partial charge in [-0.1, -0.05) is 19.3 Å². The van der Waals surface area contributed by atoms with Crippen LogP contribution in [-0.2, 0) is 4.74 Å². The molecular formula is C15H30N2O. The zero-order valence-corrected chi connectivity index (χ0v) is 12.2. The fourth-order valence-electron chi connectivity index (χ4n) is 3.56. The van der Waals surface area contributed by atoms with Gasteiger partial charge in [0.25, 0.3) is 0 Å². The van der Waals surface area contributed by atoms with Gasteiger partial charge in [-0.3, -0.25) is 0 Å². The van der Waals surface area contributed by atoms with Gasteiger partial charge in [-0.25, -0.2) is 0 Å². The van der Waals surface area contributed by atoms with Crippen molar-refractivity contribution in [2.75, 3.05) is 33.8 Å². The van der Waals surface area contributed by atoms with E-state index in [4.69, 9.17) is 4.74 Å². The van der Waals surface area contributed by atoms with E-state index < -0.39 is 0 Å². The van der Waals surface area contributed by atoms with E-state index in [1.165, 1.54) is 51.5 Å². The van der Waals surface area contributed by atoms with Crippen LogP contribution in [0.25, 0.3) is 0 Å². The molecule has 1 aliphatic heterocycles. The Kier molecular flexibility index (Phi) is 5.93. The van der Waals surface area contributed by atoms with Crippen LogP contribution >= 0.6 is 0 Å². The van der Waals surface area contributed by atoms with Gasteiger partial charge in [0.05, 0.1) is 6.10 Å². The van der Waals surface area contributed by atoms with Gasteiger partial charge in [0.15, 0.2) is 0 Å². The summed E-state index contributed by atoms with van der Waals surface area (Å²) in [6.45, 7) is 3.24. The van der Waals surface area contributed by atoms with Gasteiger partial charge < -0.3 is 15.0 Å². The fraction of sp³-hybridized carbons (Fsp3) is 1.00. The monoisotopic (exact) mass is 254 g/mol. The molecule has 1 saturated heterocycles. The highest BCUT2D eigenvalue weighted by molar-refractivity contribution is 4.81. The Bertz CT molecular complexity index is 223. The van der Waals surface area contributed by atoms with Crippen LogP contribution in [0.2, 0.25) is 0 Å². The highest BCUT2D eigenvalue weighted by atomic mass is 16.5. The van der Waals surface area contributed by atoms with E-state index in [0.717, 1.165) is 19.1 Å². The molecule has 0 amide bonds.